The van der Waals surface area contributed by atoms with Gasteiger partial charge in [-0.3, -0.25) is 0 Å². The summed E-state index contributed by atoms with van der Waals surface area (Å²) in [5.41, 5.74) is 14.3. The van der Waals surface area contributed by atoms with Gasteiger partial charge in [0.25, 0.3) is 0 Å². The second-order valence-corrected chi connectivity index (χ2v) is 4.44. The van der Waals surface area contributed by atoms with E-state index in [9.17, 15) is 0 Å². The SMILES string of the molecule is N=C/C(=C\NCC1CC1)c1ccc(N)c(N)c1. The third-order valence-corrected chi connectivity index (χ3v) is 2.94. The highest BCUT2D eigenvalue weighted by molar-refractivity contribution is 6.08. The highest BCUT2D eigenvalue weighted by atomic mass is 14.8. The van der Waals surface area contributed by atoms with Crippen molar-refractivity contribution in [1.29, 1.82) is 5.41 Å². The summed E-state index contributed by atoms with van der Waals surface area (Å²) >= 11 is 0. The Balaban J connectivity index is 2.09. The highest BCUT2D eigenvalue weighted by Gasteiger charge is 2.19. The Hall–Kier alpha value is -1.97. The van der Waals surface area contributed by atoms with Crippen LogP contribution < -0.4 is 16.8 Å². The van der Waals surface area contributed by atoms with E-state index in [0.717, 1.165) is 23.6 Å². The lowest BCUT2D eigenvalue weighted by Gasteiger charge is -2.06. The van der Waals surface area contributed by atoms with E-state index >= 15 is 0 Å². The fourth-order valence-corrected chi connectivity index (χ4v) is 1.62. The number of allylic oxidation sites excluding steroid dienone is 1. The average molecular weight is 230 g/mol. The van der Waals surface area contributed by atoms with Crippen LogP contribution in [0.3, 0.4) is 0 Å². The fourth-order valence-electron chi connectivity index (χ4n) is 1.62. The van der Waals surface area contributed by atoms with Crippen LogP contribution in [0.2, 0.25) is 0 Å². The summed E-state index contributed by atoms with van der Waals surface area (Å²) in [6.45, 7) is 0.988. The minimum atomic E-state index is 0.553. The van der Waals surface area contributed by atoms with E-state index < -0.39 is 0 Å². The van der Waals surface area contributed by atoms with Crippen molar-refractivity contribution < 1.29 is 0 Å². The van der Waals surface area contributed by atoms with Crippen LogP contribution in [0.5, 0.6) is 0 Å². The van der Waals surface area contributed by atoms with Gasteiger partial charge in [-0.2, -0.15) is 0 Å². The quantitative estimate of drug-likeness (QED) is 0.460. The first kappa shape index (κ1) is 11.5. The summed E-state index contributed by atoms with van der Waals surface area (Å²) in [5.74, 6) is 0.815. The van der Waals surface area contributed by atoms with Gasteiger partial charge in [0.1, 0.15) is 0 Å². The number of anilines is 2. The molecule has 2 rings (SSSR count). The van der Waals surface area contributed by atoms with Gasteiger partial charge in [0.15, 0.2) is 0 Å². The van der Waals surface area contributed by atoms with Crippen LogP contribution in [0.15, 0.2) is 24.4 Å². The molecule has 90 valence electrons. The zero-order valence-corrected chi connectivity index (χ0v) is 9.74. The number of benzene rings is 1. The van der Waals surface area contributed by atoms with E-state index in [2.05, 4.69) is 5.32 Å². The van der Waals surface area contributed by atoms with Crippen LogP contribution in [0.1, 0.15) is 18.4 Å². The smallest absolute Gasteiger partial charge is 0.0554 e. The standard InChI is InChI=1S/C13H18N4/c14-6-11(8-17-7-9-1-2-9)10-3-4-12(15)13(16)5-10/h3-6,8-9,14,17H,1-2,7,15-16H2/b11-8+,14-6?. The highest BCUT2D eigenvalue weighted by Crippen LogP contribution is 2.27. The van der Waals surface area contributed by atoms with Crippen LogP contribution in [-0.2, 0) is 0 Å². The Kier molecular flexibility index (Phi) is 3.32. The maximum absolute atomic E-state index is 7.42. The third kappa shape index (κ3) is 3.00. The largest absolute Gasteiger partial charge is 0.397 e. The number of nitrogens with two attached hydrogens (primary N) is 2. The Labute approximate surface area is 101 Å². The molecule has 0 saturated heterocycles. The van der Waals surface area contributed by atoms with Gasteiger partial charge in [-0.05, 0) is 36.5 Å². The van der Waals surface area contributed by atoms with Crippen LogP contribution >= 0.6 is 0 Å². The van der Waals surface area contributed by atoms with E-state index in [1.54, 1.807) is 12.1 Å². The van der Waals surface area contributed by atoms with Crippen molar-refractivity contribution in [2.45, 2.75) is 12.8 Å². The summed E-state index contributed by atoms with van der Waals surface area (Å²) in [4.78, 5) is 0. The minimum Gasteiger partial charge on any atom is -0.397 e. The molecule has 1 fully saturated rings. The fraction of sp³-hybridized carbons (Fsp3) is 0.308. The lowest BCUT2D eigenvalue weighted by atomic mass is 10.1. The normalized spacial score (nSPS) is 15.6. The lowest BCUT2D eigenvalue weighted by Crippen LogP contribution is -2.10. The Morgan fingerprint density at radius 2 is 2.12 bits per heavy atom. The molecule has 0 heterocycles. The monoisotopic (exact) mass is 230 g/mol. The maximum Gasteiger partial charge on any atom is 0.0554 e. The second kappa shape index (κ2) is 4.91. The van der Waals surface area contributed by atoms with Gasteiger partial charge in [0.2, 0.25) is 0 Å². The Morgan fingerprint density at radius 3 is 2.71 bits per heavy atom. The average Bonchev–Trinajstić information content (AvgIpc) is 3.12. The van der Waals surface area contributed by atoms with Crippen molar-refractivity contribution in [3.05, 3.63) is 30.0 Å². The summed E-state index contributed by atoms with van der Waals surface area (Å²) in [5, 5.41) is 10.7. The lowest BCUT2D eigenvalue weighted by molar-refractivity contribution is 0.749. The molecule has 4 nitrogen and oxygen atoms in total. The van der Waals surface area contributed by atoms with Crippen molar-refractivity contribution in [3.63, 3.8) is 0 Å². The zero-order valence-electron chi connectivity index (χ0n) is 9.74. The molecule has 1 saturated carbocycles. The van der Waals surface area contributed by atoms with E-state index in [-0.39, 0.29) is 0 Å². The number of hydrogen-bond acceptors (Lipinski definition) is 4. The molecule has 17 heavy (non-hydrogen) atoms. The molecule has 1 aliphatic rings. The van der Waals surface area contributed by atoms with Crippen LogP contribution in [0.25, 0.3) is 5.57 Å². The number of hydrogen-bond donors (Lipinski definition) is 4. The number of nitrogen functional groups attached to an aromatic ring is 2. The molecule has 1 aliphatic carbocycles. The minimum absolute atomic E-state index is 0.553. The molecular weight excluding hydrogens is 212 g/mol. The topological polar surface area (TPSA) is 87.9 Å². The molecule has 1 aromatic rings. The Bertz CT molecular complexity index is 447. The van der Waals surface area contributed by atoms with Gasteiger partial charge >= 0.3 is 0 Å². The van der Waals surface area contributed by atoms with Gasteiger partial charge in [-0.15, -0.1) is 0 Å². The first-order chi connectivity index (χ1) is 8.20. The molecular formula is C13H18N4. The summed E-state index contributed by atoms with van der Waals surface area (Å²) in [7, 11) is 0. The first-order valence-electron chi connectivity index (χ1n) is 5.80. The summed E-state index contributed by atoms with van der Waals surface area (Å²) < 4.78 is 0. The predicted octanol–water partition coefficient (Wildman–Crippen LogP) is 1.84. The molecule has 0 aliphatic heterocycles. The van der Waals surface area contributed by atoms with Crippen molar-refractivity contribution in [1.82, 2.24) is 5.32 Å². The van der Waals surface area contributed by atoms with Gasteiger partial charge in [-0.25, -0.2) is 0 Å². The van der Waals surface area contributed by atoms with Crippen LogP contribution in [0.4, 0.5) is 11.4 Å². The van der Waals surface area contributed by atoms with Gasteiger partial charge in [0, 0.05) is 24.5 Å². The molecule has 4 heteroatoms. The van der Waals surface area contributed by atoms with E-state index in [1.165, 1.54) is 19.1 Å². The first-order valence-corrected chi connectivity index (χ1v) is 5.80. The van der Waals surface area contributed by atoms with Crippen molar-refractivity contribution in [2.75, 3.05) is 18.0 Å². The van der Waals surface area contributed by atoms with Crippen LogP contribution in [0, 0.1) is 11.3 Å². The number of rotatable bonds is 5. The maximum atomic E-state index is 7.42. The molecule has 0 amide bonds. The molecule has 0 radical (unpaired) electrons. The van der Waals surface area contributed by atoms with Crippen molar-refractivity contribution in [3.8, 4) is 0 Å². The van der Waals surface area contributed by atoms with Crippen LogP contribution in [-0.4, -0.2) is 12.8 Å². The molecule has 0 unspecified atom stereocenters. The van der Waals surface area contributed by atoms with Crippen molar-refractivity contribution >= 4 is 23.2 Å². The van der Waals surface area contributed by atoms with E-state index in [0.29, 0.717) is 11.4 Å². The molecule has 0 aromatic heterocycles. The van der Waals surface area contributed by atoms with Gasteiger partial charge in [0.05, 0.1) is 11.4 Å². The van der Waals surface area contributed by atoms with E-state index in [4.69, 9.17) is 16.9 Å². The second-order valence-electron chi connectivity index (χ2n) is 4.44. The van der Waals surface area contributed by atoms with Gasteiger partial charge < -0.3 is 22.2 Å². The molecule has 0 spiro atoms. The van der Waals surface area contributed by atoms with Crippen molar-refractivity contribution in [2.24, 2.45) is 5.92 Å². The molecule has 0 bridgehead atoms. The molecule has 1 aromatic carbocycles. The zero-order chi connectivity index (χ0) is 12.3. The Morgan fingerprint density at radius 1 is 1.35 bits per heavy atom. The summed E-state index contributed by atoms with van der Waals surface area (Å²) in [6, 6.07) is 5.44. The van der Waals surface area contributed by atoms with Gasteiger partial charge in [-0.1, -0.05) is 6.07 Å². The summed E-state index contributed by atoms with van der Waals surface area (Å²) in [6.07, 6.45) is 5.83. The molecule has 0 atom stereocenters. The van der Waals surface area contributed by atoms with E-state index in [1.807, 2.05) is 12.3 Å². The predicted molar refractivity (Wildman–Crippen MR) is 72.8 cm³/mol. The third-order valence-electron chi connectivity index (χ3n) is 2.94. The number of nitrogens with one attached hydrogen (secondary N) is 2. The molecule has 6 N–H and O–H groups in total.